The van der Waals surface area contributed by atoms with Crippen LogP contribution in [0.4, 0.5) is 5.69 Å². The summed E-state index contributed by atoms with van der Waals surface area (Å²) in [5.41, 5.74) is 0.661. The molecule has 1 atom stereocenters. The van der Waals surface area contributed by atoms with E-state index >= 15 is 0 Å². The SMILES string of the molecule is O=C(N[C@@H](C[NH+]1CCOCC1)c1ccccc1)c1ccc(Cl)cc1[N+](=O)[O-]. The number of nitrogens with zero attached hydrogens (tertiary/aromatic N) is 1. The Morgan fingerprint density at radius 1 is 1.22 bits per heavy atom. The zero-order chi connectivity index (χ0) is 19.2. The van der Waals surface area contributed by atoms with E-state index in [1.165, 1.54) is 23.1 Å². The lowest BCUT2D eigenvalue weighted by molar-refractivity contribution is -0.909. The maximum atomic E-state index is 12.8. The summed E-state index contributed by atoms with van der Waals surface area (Å²) in [5, 5.41) is 14.5. The highest BCUT2D eigenvalue weighted by molar-refractivity contribution is 6.31. The van der Waals surface area contributed by atoms with Gasteiger partial charge in [-0.1, -0.05) is 41.9 Å². The molecular weight excluding hydrogens is 370 g/mol. The smallest absolute Gasteiger partial charge is 0.283 e. The molecule has 0 aromatic heterocycles. The van der Waals surface area contributed by atoms with Crippen molar-refractivity contribution in [1.82, 2.24) is 5.32 Å². The van der Waals surface area contributed by atoms with Gasteiger partial charge >= 0.3 is 0 Å². The second kappa shape index (κ2) is 8.94. The summed E-state index contributed by atoms with van der Waals surface area (Å²) in [6.45, 7) is 3.78. The average molecular weight is 391 g/mol. The van der Waals surface area contributed by atoms with Gasteiger partial charge < -0.3 is 15.0 Å². The number of hydrogen-bond acceptors (Lipinski definition) is 4. The molecule has 27 heavy (non-hydrogen) atoms. The van der Waals surface area contributed by atoms with E-state index in [9.17, 15) is 14.9 Å². The summed E-state index contributed by atoms with van der Waals surface area (Å²) in [6, 6.07) is 13.4. The molecule has 0 unspecified atom stereocenters. The minimum Gasteiger partial charge on any atom is -0.370 e. The van der Waals surface area contributed by atoms with Crippen molar-refractivity contribution in [1.29, 1.82) is 0 Å². The molecule has 142 valence electrons. The molecular formula is C19H21ClN3O4+. The van der Waals surface area contributed by atoms with Crippen molar-refractivity contribution in [3.05, 3.63) is 74.8 Å². The number of nitrogens with one attached hydrogen (secondary N) is 2. The molecule has 1 heterocycles. The lowest BCUT2D eigenvalue weighted by Crippen LogP contribution is -3.14. The number of ether oxygens (including phenoxy) is 1. The third kappa shape index (κ3) is 5.03. The molecule has 1 aliphatic heterocycles. The van der Waals surface area contributed by atoms with Gasteiger partial charge in [0.2, 0.25) is 0 Å². The summed E-state index contributed by atoms with van der Waals surface area (Å²) in [5.74, 6) is -0.486. The minimum absolute atomic E-state index is 0.00214. The van der Waals surface area contributed by atoms with Crippen molar-refractivity contribution in [2.75, 3.05) is 32.8 Å². The van der Waals surface area contributed by atoms with Crippen molar-refractivity contribution in [2.24, 2.45) is 0 Å². The molecule has 0 saturated carbocycles. The number of rotatable bonds is 6. The molecule has 0 radical (unpaired) electrons. The quantitative estimate of drug-likeness (QED) is 0.580. The highest BCUT2D eigenvalue weighted by Gasteiger charge is 2.26. The van der Waals surface area contributed by atoms with Crippen molar-refractivity contribution in [3.8, 4) is 0 Å². The predicted octanol–water partition coefficient (Wildman–Crippen LogP) is 1.63. The van der Waals surface area contributed by atoms with Crippen molar-refractivity contribution in [2.45, 2.75) is 6.04 Å². The first-order chi connectivity index (χ1) is 13.0. The van der Waals surface area contributed by atoms with E-state index < -0.39 is 10.8 Å². The van der Waals surface area contributed by atoms with E-state index in [0.29, 0.717) is 19.8 Å². The van der Waals surface area contributed by atoms with Gasteiger partial charge in [0.1, 0.15) is 31.2 Å². The van der Waals surface area contributed by atoms with Crippen LogP contribution < -0.4 is 10.2 Å². The van der Waals surface area contributed by atoms with Gasteiger partial charge in [-0.3, -0.25) is 14.9 Å². The van der Waals surface area contributed by atoms with Crippen LogP contribution in [-0.4, -0.2) is 43.7 Å². The summed E-state index contributed by atoms with van der Waals surface area (Å²) in [7, 11) is 0. The molecule has 1 saturated heterocycles. The molecule has 0 spiro atoms. The van der Waals surface area contributed by atoms with Gasteiger partial charge in [-0.15, -0.1) is 0 Å². The van der Waals surface area contributed by atoms with E-state index in [-0.39, 0.29) is 22.3 Å². The fourth-order valence-corrected chi connectivity index (χ4v) is 3.34. The lowest BCUT2D eigenvalue weighted by Gasteiger charge is -2.28. The Hall–Kier alpha value is -2.48. The van der Waals surface area contributed by atoms with Gasteiger partial charge in [0.15, 0.2) is 0 Å². The summed E-state index contributed by atoms with van der Waals surface area (Å²) in [6.07, 6.45) is 0. The molecule has 2 aromatic carbocycles. The second-order valence-electron chi connectivity index (χ2n) is 6.42. The Balaban J connectivity index is 1.83. The topological polar surface area (TPSA) is 85.9 Å². The Bertz CT molecular complexity index is 810. The van der Waals surface area contributed by atoms with Crippen LogP contribution in [0.3, 0.4) is 0 Å². The third-order valence-corrected chi connectivity index (χ3v) is 4.84. The number of morpholine rings is 1. The fourth-order valence-electron chi connectivity index (χ4n) is 3.17. The number of carbonyl (C=O) groups excluding carboxylic acids is 1. The van der Waals surface area contributed by atoms with E-state index in [0.717, 1.165) is 18.7 Å². The number of nitro groups is 1. The van der Waals surface area contributed by atoms with E-state index in [2.05, 4.69) is 5.32 Å². The number of hydrogen-bond donors (Lipinski definition) is 2. The molecule has 2 N–H and O–H groups in total. The first-order valence-electron chi connectivity index (χ1n) is 8.75. The first kappa shape index (κ1) is 19.3. The van der Waals surface area contributed by atoms with Crippen molar-refractivity contribution < 1.29 is 19.4 Å². The van der Waals surface area contributed by atoms with Crippen LogP contribution in [0.1, 0.15) is 22.0 Å². The van der Waals surface area contributed by atoms with Crippen molar-refractivity contribution >= 4 is 23.2 Å². The average Bonchev–Trinajstić information content (AvgIpc) is 2.68. The van der Waals surface area contributed by atoms with Gasteiger partial charge in [0, 0.05) is 11.1 Å². The number of halogens is 1. The molecule has 2 aromatic rings. The van der Waals surface area contributed by atoms with Crippen LogP contribution in [0.5, 0.6) is 0 Å². The van der Waals surface area contributed by atoms with Gasteiger partial charge in [0.25, 0.3) is 11.6 Å². The van der Waals surface area contributed by atoms with Gasteiger partial charge in [-0.2, -0.15) is 0 Å². The number of amides is 1. The first-order valence-corrected chi connectivity index (χ1v) is 9.13. The summed E-state index contributed by atoms with van der Waals surface area (Å²) < 4.78 is 5.40. The minimum atomic E-state index is -0.592. The van der Waals surface area contributed by atoms with E-state index in [1.54, 1.807) is 0 Å². The zero-order valence-electron chi connectivity index (χ0n) is 14.7. The van der Waals surface area contributed by atoms with E-state index in [4.69, 9.17) is 16.3 Å². The van der Waals surface area contributed by atoms with Gasteiger partial charge in [-0.25, -0.2) is 0 Å². The standard InChI is InChI=1S/C19H20ClN3O4/c20-15-6-7-16(18(12-15)23(25)26)19(24)21-17(14-4-2-1-3-5-14)13-22-8-10-27-11-9-22/h1-7,12,17H,8-11,13H2,(H,21,24)/p+1/t17-/m0/s1. The lowest BCUT2D eigenvalue weighted by atomic mass is 10.0. The second-order valence-corrected chi connectivity index (χ2v) is 6.86. The highest BCUT2D eigenvalue weighted by atomic mass is 35.5. The number of nitro benzene ring substituents is 1. The fraction of sp³-hybridized carbons (Fsp3) is 0.316. The van der Waals surface area contributed by atoms with Crippen LogP contribution >= 0.6 is 11.6 Å². The molecule has 1 aliphatic rings. The van der Waals surface area contributed by atoms with Crippen LogP contribution in [-0.2, 0) is 4.74 Å². The van der Waals surface area contributed by atoms with Crippen LogP contribution in [0.25, 0.3) is 0 Å². The van der Waals surface area contributed by atoms with Crippen LogP contribution in [0.15, 0.2) is 48.5 Å². The van der Waals surface area contributed by atoms with Gasteiger partial charge in [-0.05, 0) is 17.7 Å². The predicted molar refractivity (Wildman–Crippen MR) is 101 cm³/mol. The Morgan fingerprint density at radius 2 is 1.93 bits per heavy atom. The summed E-state index contributed by atoms with van der Waals surface area (Å²) in [4.78, 5) is 24.8. The van der Waals surface area contributed by atoms with Gasteiger partial charge in [0.05, 0.1) is 18.1 Å². The Kier molecular flexibility index (Phi) is 6.39. The zero-order valence-corrected chi connectivity index (χ0v) is 15.4. The Labute approximate surface area is 162 Å². The highest BCUT2D eigenvalue weighted by Crippen LogP contribution is 2.24. The molecule has 7 nitrogen and oxygen atoms in total. The van der Waals surface area contributed by atoms with Crippen LogP contribution in [0.2, 0.25) is 5.02 Å². The van der Waals surface area contributed by atoms with E-state index in [1.807, 2.05) is 30.3 Å². The maximum Gasteiger partial charge on any atom is 0.283 e. The maximum absolute atomic E-state index is 12.8. The summed E-state index contributed by atoms with van der Waals surface area (Å²) >= 11 is 5.84. The molecule has 0 aliphatic carbocycles. The molecule has 8 heteroatoms. The Morgan fingerprint density at radius 3 is 2.59 bits per heavy atom. The number of carbonyl (C=O) groups is 1. The molecule has 1 amide bonds. The number of benzene rings is 2. The van der Waals surface area contributed by atoms with Crippen LogP contribution in [0, 0.1) is 10.1 Å². The largest absolute Gasteiger partial charge is 0.370 e. The molecule has 3 rings (SSSR count). The molecule has 1 fully saturated rings. The molecule has 0 bridgehead atoms. The third-order valence-electron chi connectivity index (χ3n) is 4.60. The number of quaternary nitrogens is 1. The monoisotopic (exact) mass is 390 g/mol. The normalized spacial score (nSPS) is 15.9. The van der Waals surface area contributed by atoms with Crippen molar-refractivity contribution in [3.63, 3.8) is 0 Å².